The first-order valence-electron chi connectivity index (χ1n) is 12.6. The summed E-state index contributed by atoms with van der Waals surface area (Å²) in [4.78, 5) is 21.4. The van der Waals surface area contributed by atoms with E-state index in [1.165, 1.54) is 6.07 Å². The highest BCUT2D eigenvalue weighted by atomic mass is 19.1. The van der Waals surface area contributed by atoms with Crippen molar-refractivity contribution in [2.45, 2.75) is 71.1 Å². The van der Waals surface area contributed by atoms with Gasteiger partial charge < -0.3 is 10.5 Å². The van der Waals surface area contributed by atoms with Gasteiger partial charge in [-0.2, -0.15) is 0 Å². The minimum absolute atomic E-state index is 0.0122. The first kappa shape index (κ1) is 26.9. The maximum absolute atomic E-state index is 14.9. The van der Waals surface area contributed by atoms with E-state index >= 15 is 0 Å². The highest BCUT2D eigenvalue weighted by Gasteiger charge is 2.28. The molecular weight excluding hydrogens is 479 g/mol. The zero-order chi connectivity index (χ0) is 26.7. The van der Waals surface area contributed by atoms with Gasteiger partial charge in [0.15, 0.2) is 5.78 Å². The lowest BCUT2D eigenvalue weighted by Crippen LogP contribution is -2.31. The van der Waals surface area contributed by atoms with Crippen LogP contribution in [-0.2, 0) is 17.8 Å². The molecule has 1 aliphatic carbocycles. The maximum atomic E-state index is 14.9. The number of ketones is 1. The zero-order valence-electron chi connectivity index (χ0n) is 21.3. The molecule has 0 unspecified atom stereocenters. The summed E-state index contributed by atoms with van der Waals surface area (Å²) in [6.45, 7) is 5.80. The molecule has 2 N–H and O–H groups in total. The standard InChI is InChI=1S/C29H32F3N3O2/c1-16(2)37-15-18-10-24(31)28(25(32)11-18)29-23(30)4-5-26(35-29)27(36)13-20-14-34-7-6-22(20)19-8-17(3)9-21(33)12-19/h4-7,10-11,14,16-17,19,21H,8-9,12-13,15,33H2,1-3H3/t17-,19+,21-/m0/s1. The van der Waals surface area contributed by atoms with Crippen molar-refractivity contribution in [2.24, 2.45) is 11.7 Å². The molecule has 4 rings (SSSR count). The number of hydrogen-bond acceptors (Lipinski definition) is 5. The minimum atomic E-state index is -0.976. The fourth-order valence-electron chi connectivity index (χ4n) is 5.13. The van der Waals surface area contributed by atoms with Gasteiger partial charge in [0.05, 0.1) is 18.3 Å². The van der Waals surface area contributed by atoms with Crippen molar-refractivity contribution >= 4 is 5.78 Å². The van der Waals surface area contributed by atoms with Crippen LogP contribution in [0.25, 0.3) is 11.3 Å². The lowest BCUT2D eigenvalue weighted by molar-refractivity contribution is 0.0654. The number of halogens is 3. The first-order chi connectivity index (χ1) is 17.6. The fourth-order valence-corrected chi connectivity index (χ4v) is 5.13. The van der Waals surface area contributed by atoms with E-state index < -0.39 is 34.5 Å². The van der Waals surface area contributed by atoms with E-state index in [4.69, 9.17) is 10.5 Å². The average molecular weight is 512 g/mol. The van der Waals surface area contributed by atoms with Crippen molar-refractivity contribution in [1.29, 1.82) is 0 Å². The van der Waals surface area contributed by atoms with E-state index in [0.29, 0.717) is 5.92 Å². The monoisotopic (exact) mass is 511 g/mol. The summed E-state index contributed by atoms with van der Waals surface area (Å²) in [6.07, 6.45) is 5.98. The number of carbonyl (C=O) groups is 1. The Morgan fingerprint density at radius 3 is 2.49 bits per heavy atom. The third-order valence-corrected chi connectivity index (χ3v) is 6.77. The van der Waals surface area contributed by atoms with Crippen LogP contribution < -0.4 is 5.73 Å². The molecule has 0 bridgehead atoms. The summed E-state index contributed by atoms with van der Waals surface area (Å²) in [5.74, 6) is -2.59. The van der Waals surface area contributed by atoms with Crippen LogP contribution in [0.3, 0.4) is 0 Å². The second kappa shape index (κ2) is 11.5. The zero-order valence-corrected chi connectivity index (χ0v) is 21.3. The Bertz CT molecular complexity index is 1250. The van der Waals surface area contributed by atoms with Gasteiger partial charge in [-0.25, -0.2) is 18.2 Å². The molecule has 1 fully saturated rings. The summed E-state index contributed by atoms with van der Waals surface area (Å²) in [5.41, 5.74) is 7.05. The number of ether oxygens (including phenoxy) is 1. The SMILES string of the molecule is CC(C)OCc1cc(F)c(-c2nc(C(=O)Cc3cnccc3[C@@H]3C[C@H](C)C[C@H](N)C3)ccc2F)c(F)c1. The van der Waals surface area contributed by atoms with Crippen LogP contribution in [0, 0.1) is 23.4 Å². The highest BCUT2D eigenvalue weighted by molar-refractivity contribution is 5.96. The van der Waals surface area contributed by atoms with Crippen molar-refractivity contribution in [3.8, 4) is 11.3 Å². The van der Waals surface area contributed by atoms with Crippen molar-refractivity contribution in [1.82, 2.24) is 9.97 Å². The van der Waals surface area contributed by atoms with E-state index in [-0.39, 0.29) is 42.3 Å². The molecular formula is C29H32F3N3O2. The third-order valence-electron chi connectivity index (χ3n) is 6.77. The van der Waals surface area contributed by atoms with E-state index in [0.717, 1.165) is 48.6 Å². The maximum Gasteiger partial charge on any atom is 0.185 e. The number of rotatable bonds is 8. The lowest BCUT2D eigenvalue weighted by Gasteiger charge is -2.32. The van der Waals surface area contributed by atoms with Crippen molar-refractivity contribution in [3.05, 3.63) is 82.6 Å². The molecule has 0 saturated heterocycles. The number of nitrogens with zero attached hydrogens (tertiary/aromatic N) is 2. The van der Waals surface area contributed by atoms with Crippen LogP contribution in [-0.4, -0.2) is 27.9 Å². The summed E-state index contributed by atoms with van der Waals surface area (Å²) >= 11 is 0. The Morgan fingerprint density at radius 2 is 1.81 bits per heavy atom. The molecule has 8 heteroatoms. The summed E-state index contributed by atoms with van der Waals surface area (Å²) in [5, 5.41) is 0. The molecule has 2 heterocycles. The summed E-state index contributed by atoms with van der Waals surface area (Å²) in [6, 6.07) is 6.44. The van der Waals surface area contributed by atoms with Gasteiger partial charge in [0.1, 0.15) is 28.8 Å². The molecule has 37 heavy (non-hydrogen) atoms. The average Bonchev–Trinajstić information content (AvgIpc) is 2.83. The number of hydrogen-bond donors (Lipinski definition) is 1. The third kappa shape index (κ3) is 6.43. The van der Waals surface area contributed by atoms with Crippen LogP contribution in [0.2, 0.25) is 0 Å². The van der Waals surface area contributed by atoms with Crippen molar-refractivity contribution in [2.75, 3.05) is 0 Å². The predicted molar refractivity (Wildman–Crippen MR) is 135 cm³/mol. The van der Waals surface area contributed by atoms with Gasteiger partial charge in [0.25, 0.3) is 0 Å². The van der Waals surface area contributed by atoms with Crippen molar-refractivity contribution < 1.29 is 22.7 Å². The molecule has 0 spiro atoms. The van der Waals surface area contributed by atoms with Gasteiger partial charge in [0, 0.05) is 24.9 Å². The molecule has 0 amide bonds. The number of aromatic nitrogens is 2. The molecule has 1 aromatic carbocycles. The molecule has 0 aliphatic heterocycles. The smallest absolute Gasteiger partial charge is 0.185 e. The van der Waals surface area contributed by atoms with Crippen LogP contribution in [0.5, 0.6) is 0 Å². The Labute approximate surface area is 215 Å². The molecule has 2 aromatic heterocycles. The van der Waals surface area contributed by atoms with Crippen LogP contribution >= 0.6 is 0 Å². The Balaban J connectivity index is 1.61. The fraction of sp³-hybridized carbons (Fsp3) is 0.414. The normalized spacial score (nSPS) is 19.8. The molecule has 1 aliphatic rings. The quantitative estimate of drug-likeness (QED) is 0.368. The Kier molecular flexibility index (Phi) is 8.39. The van der Waals surface area contributed by atoms with Gasteiger partial charge in [-0.1, -0.05) is 6.92 Å². The summed E-state index contributed by atoms with van der Waals surface area (Å²) in [7, 11) is 0. The minimum Gasteiger partial charge on any atom is -0.374 e. The molecule has 0 radical (unpaired) electrons. The number of benzene rings is 1. The second-order valence-corrected chi connectivity index (χ2v) is 10.3. The number of carbonyl (C=O) groups excluding carboxylic acids is 1. The van der Waals surface area contributed by atoms with Gasteiger partial charge in [-0.05, 0) is 92.0 Å². The second-order valence-electron chi connectivity index (χ2n) is 10.3. The van der Waals surface area contributed by atoms with E-state index in [9.17, 15) is 18.0 Å². The molecule has 196 valence electrons. The van der Waals surface area contributed by atoms with Gasteiger partial charge in [0.2, 0.25) is 0 Å². The van der Waals surface area contributed by atoms with Crippen molar-refractivity contribution in [3.63, 3.8) is 0 Å². The number of Topliss-reactive ketones (excluding diaryl/α,β-unsaturated/α-hetero) is 1. The number of nitrogens with two attached hydrogens (primary N) is 1. The largest absolute Gasteiger partial charge is 0.374 e. The van der Waals surface area contributed by atoms with E-state index in [1.807, 2.05) is 19.9 Å². The summed E-state index contributed by atoms with van der Waals surface area (Å²) < 4.78 is 49.9. The van der Waals surface area contributed by atoms with Crippen LogP contribution in [0.1, 0.15) is 73.1 Å². The molecule has 3 aromatic rings. The Morgan fingerprint density at radius 1 is 1.08 bits per heavy atom. The van der Waals surface area contributed by atoms with Gasteiger partial charge >= 0.3 is 0 Å². The highest BCUT2D eigenvalue weighted by Crippen LogP contribution is 2.37. The molecule has 1 saturated carbocycles. The number of pyridine rings is 2. The van der Waals surface area contributed by atoms with Crippen LogP contribution in [0.4, 0.5) is 13.2 Å². The lowest BCUT2D eigenvalue weighted by atomic mass is 9.75. The van der Waals surface area contributed by atoms with E-state index in [2.05, 4.69) is 16.9 Å². The Hall–Kier alpha value is -3.10. The van der Waals surface area contributed by atoms with Gasteiger partial charge in [-0.15, -0.1) is 0 Å². The first-order valence-corrected chi connectivity index (χ1v) is 12.6. The molecule has 5 nitrogen and oxygen atoms in total. The topological polar surface area (TPSA) is 78.1 Å². The molecule has 3 atom stereocenters. The van der Waals surface area contributed by atoms with Gasteiger partial charge in [-0.3, -0.25) is 9.78 Å². The van der Waals surface area contributed by atoms with E-state index in [1.54, 1.807) is 12.4 Å². The predicted octanol–water partition coefficient (Wildman–Crippen LogP) is 6.14. The van der Waals surface area contributed by atoms with Crippen LogP contribution in [0.15, 0.2) is 42.7 Å².